The molecule has 0 bridgehead atoms. The molecule has 23 heavy (non-hydrogen) atoms. The molecule has 3 nitrogen and oxygen atoms in total. The van der Waals surface area contributed by atoms with Crippen LogP contribution >= 0.6 is 0 Å². The van der Waals surface area contributed by atoms with Crippen molar-refractivity contribution in [3.63, 3.8) is 0 Å². The highest BCUT2D eigenvalue weighted by molar-refractivity contribution is 5.61. The summed E-state index contributed by atoms with van der Waals surface area (Å²) in [6.45, 7) is 1.85. The largest absolute Gasteiger partial charge is 0.207 e. The van der Waals surface area contributed by atoms with E-state index in [9.17, 15) is 13.2 Å². The monoisotopic (exact) mass is 317 g/mol. The third-order valence-corrected chi connectivity index (χ3v) is 3.69. The Bertz CT molecular complexity index is 843. The van der Waals surface area contributed by atoms with Gasteiger partial charge in [-0.1, -0.05) is 18.2 Å². The fraction of sp³-hybridized carbons (Fsp3) is 0.176. The minimum atomic E-state index is -1.17. The van der Waals surface area contributed by atoms with Crippen LogP contribution in [0, 0.1) is 24.4 Å². The van der Waals surface area contributed by atoms with Gasteiger partial charge in [-0.3, -0.25) is 0 Å². The second-order valence-electron chi connectivity index (χ2n) is 5.32. The van der Waals surface area contributed by atoms with E-state index in [1.807, 2.05) is 31.2 Å². The summed E-state index contributed by atoms with van der Waals surface area (Å²) >= 11 is 0. The Balaban J connectivity index is 1.79. The van der Waals surface area contributed by atoms with Gasteiger partial charge in [0, 0.05) is 11.6 Å². The number of benzene rings is 2. The Kier molecular flexibility index (Phi) is 4.14. The highest BCUT2D eigenvalue weighted by Crippen LogP contribution is 2.21. The summed E-state index contributed by atoms with van der Waals surface area (Å²) in [7, 11) is 0. The van der Waals surface area contributed by atoms with Crippen LogP contribution < -0.4 is 0 Å². The van der Waals surface area contributed by atoms with Crippen molar-refractivity contribution in [2.45, 2.75) is 19.8 Å². The number of halogens is 3. The maximum atomic E-state index is 13.7. The number of nitrogens with one attached hydrogen (secondary N) is 1. The Hall–Kier alpha value is -2.63. The van der Waals surface area contributed by atoms with Crippen molar-refractivity contribution in [2.24, 2.45) is 0 Å². The second kappa shape index (κ2) is 6.24. The van der Waals surface area contributed by atoms with Crippen LogP contribution in [0.2, 0.25) is 0 Å². The first-order chi connectivity index (χ1) is 11.0. The summed E-state index contributed by atoms with van der Waals surface area (Å²) in [5, 5.41) is 10.6. The molecule has 3 aromatic rings. The lowest BCUT2D eigenvalue weighted by molar-refractivity contribution is 0.490. The van der Waals surface area contributed by atoms with Gasteiger partial charge in [-0.15, -0.1) is 0 Å². The molecule has 0 atom stereocenters. The summed E-state index contributed by atoms with van der Waals surface area (Å²) in [6.07, 6.45) is 0.789. The fourth-order valence-electron chi connectivity index (χ4n) is 2.47. The summed E-state index contributed by atoms with van der Waals surface area (Å²) in [5.74, 6) is -2.93. The number of rotatable bonds is 4. The number of nitrogens with zero attached hydrogens (tertiary/aromatic N) is 2. The van der Waals surface area contributed by atoms with Gasteiger partial charge in [0.1, 0.15) is 11.5 Å². The number of aromatic amines is 1. The van der Waals surface area contributed by atoms with Gasteiger partial charge in [0.05, 0.1) is 5.69 Å². The lowest BCUT2D eigenvalue weighted by Gasteiger charge is -2.06. The minimum Gasteiger partial charge on any atom is -0.207 e. The second-order valence-corrected chi connectivity index (χ2v) is 5.32. The summed E-state index contributed by atoms with van der Waals surface area (Å²) < 4.78 is 39.8. The van der Waals surface area contributed by atoms with Crippen molar-refractivity contribution in [3.8, 4) is 11.3 Å². The predicted octanol–water partition coefficient (Wildman–Crippen LogP) is 3.98. The molecule has 3 rings (SSSR count). The molecular weight excluding hydrogens is 303 g/mol. The van der Waals surface area contributed by atoms with Crippen molar-refractivity contribution in [2.75, 3.05) is 0 Å². The number of H-pyrrole nitrogens is 1. The first kappa shape index (κ1) is 15.3. The molecule has 2 aromatic carbocycles. The lowest BCUT2D eigenvalue weighted by Crippen LogP contribution is -1.98. The number of aryl methyl sites for hydroxylation is 3. The first-order valence-electron chi connectivity index (χ1n) is 7.14. The molecular formula is C17H14F3N3. The number of aromatic nitrogens is 3. The van der Waals surface area contributed by atoms with E-state index in [1.54, 1.807) is 0 Å². The van der Waals surface area contributed by atoms with Crippen LogP contribution in [0.3, 0.4) is 0 Å². The molecule has 0 saturated heterocycles. The van der Waals surface area contributed by atoms with Gasteiger partial charge in [-0.2, -0.15) is 15.4 Å². The van der Waals surface area contributed by atoms with E-state index >= 15 is 0 Å². The Morgan fingerprint density at radius 2 is 1.70 bits per heavy atom. The third-order valence-electron chi connectivity index (χ3n) is 3.69. The van der Waals surface area contributed by atoms with Crippen molar-refractivity contribution >= 4 is 0 Å². The highest BCUT2D eigenvalue weighted by Gasteiger charge is 2.11. The van der Waals surface area contributed by atoms with Crippen LogP contribution in [0.4, 0.5) is 13.2 Å². The lowest BCUT2D eigenvalue weighted by atomic mass is 10.0. The molecule has 0 radical (unpaired) electrons. The third kappa shape index (κ3) is 3.26. The predicted molar refractivity (Wildman–Crippen MR) is 80.3 cm³/mol. The summed E-state index contributed by atoms with van der Waals surface area (Å²) in [5.41, 5.74) is 3.56. The van der Waals surface area contributed by atoms with Gasteiger partial charge >= 0.3 is 0 Å². The minimum absolute atomic E-state index is 0.159. The highest BCUT2D eigenvalue weighted by atomic mass is 19.2. The number of hydrogen-bond acceptors (Lipinski definition) is 2. The van der Waals surface area contributed by atoms with E-state index in [4.69, 9.17) is 0 Å². The van der Waals surface area contributed by atoms with E-state index in [1.165, 1.54) is 0 Å². The van der Waals surface area contributed by atoms with E-state index in [-0.39, 0.29) is 12.0 Å². The van der Waals surface area contributed by atoms with E-state index in [0.29, 0.717) is 12.5 Å². The summed E-state index contributed by atoms with van der Waals surface area (Å²) in [6, 6.07) is 9.11. The van der Waals surface area contributed by atoms with Gasteiger partial charge in [0.15, 0.2) is 11.6 Å². The molecule has 0 aliphatic heterocycles. The van der Waals surface area contributed by atoms with Crippen LogP contribution in [0.5, 0.6) is 0 Å². The van der Waals surface area contributed by atoms with Gasteiger partial charge in [0.2, 0.25) is 0 Å². The van der Waals surface area contributed by atoms with E-state index < -0.39 is 17.5 Å². The maximum Gasteiger partial charge on any atom is 0.161 e. The zero-order valence-electron chi connectivity index (χ0n) is 12.4. The van der Waals surface area contributed by atoms with Crippen LogP contribution in [-0.2, 0) is 12.8 Å². The van der Waals surface area contributed by atoms with E-state index in [0.717, 1.165) is 28.6 Å². The molecule has 118 valence electrons. The molecule has 1 aromatic heterocycles. The van der Waals surface area contributed by atoms with Crippen molar-refractivity contribution in [1.29, 1.82) is 0 Å². The normalized spacial score (nSPS) is 11.0. The smallest absolute Gasteiger partial charge is 0.161 e. The zero-order chi connectivity index (χ0) is 16.4. The average Bonchev–Trinajstić information content (AvgIpc) is 2.96. The van der Waals surface area contributed by atoms with Crippen molar-refractivity contribution in [3.05, 3.63) is 70.7 Å². The molecule has 0 spiro atoms. The van der Waals surface area contributed by atoms with Gasteiger partial charge in [-0.25, -0.2) is 13.2 Å². The molecule has 0 saturated carbocycles. The van der Waals surface area contributed by atoms with Crippen molar-refractivity contribution in [1.82, 2.24) is 15.4 Å². The molecule has 0 fully saturated rings. The average molecular weight is 317 g/mol. The molecule has 0 unspecified atom stereocenters. The van der Waals surface area contributed by atoms with Crippen LogP contribution in [0.15, 0.2) is 36.4 Å². The van der Waals surface area contributed by atoms with Gasteiger partial charge in [0.25, 0.3) is 0 Å². The first-order valence-corrected chi connectivity index (χ1v) is 7.14. The Labute approximate surface area is 131 Å². The Morgan fingerprint density at radius 1 is 0.913 bits per heavy atom. The van der Waals surface area contributed by atoms with Crippen LogP contribution in [0.25, 0.3) is 11.3 Å². The summed E-state index contributed by atoms with van der Waals surface area (Å²) in [4.78, 5) is 0. The molecule has 0 aliphatic rings. The van der Waals surface area contributed by atoms with Gasteiger partial charge < -0.3 is 0 Å². The van der Waals surface area contributed by atoms with Gasteiger partial charge in [-0.05, 0) is 43.0 Å². The van der Waals surface area contributed by atoms with Crippen molar-refractivity contribution < 1.29 is 13.2 Å². The topological polar surface area (TPSA) is 41.6 Å². The number of hydrogen-bond donors (Lipinski definition) is 1. The Morgan fingerprint density at radius 3 is 2.43 bits per heavy atom. The standard InChI is InChI=1S/C17H14F3N3/c1-10-17(22-23-21-10)13-4-2-3-11(7-13)5-6-12-8-15(19)16(20)9-14(12)18/h2-4,7-9H,5-6H2,1H3,(H,21,22,23). The maximum absolute atomic E-state index is 13.7. The molecule has 1 N–H and O–H groups in total. The molecule has 6 heteroatoms. The fourth-order valence-corrected chi connectivity index (χ4v) is 2.47. The van der Waals surface area contributed by atoms with Crippen LogP contribution in [-0.4, -0.2) is 15.4 Å². The van der Waals surface area contributed by atoms with E-state index in [2.05, 4.69) is 15.4 Å². The zero-order valence-corrected chi connectivity index (χ0v) is 12.4. The molecule has 0 amide bonds. The molecule has 0 aliphatic carbocycles. The quantitative estimate of drug-likeness (QED) is 0.740. The molecule has 1 heterocycles. The van der Waals surface area contributed by atoms with Crippen LogP contribution in [0.1, 0.15) is 16.8 Å². The SMILES string of the molecule is Cc1n[nH]nc1-c1cccc(CCc2cc(F)c(F)cc2F)c1.